The van der Waals surface area contributed by atoms with Crippen molar-refractivity contribution in [3.8, 4) is 6.07 Å². The van der Waals surface area contributed by atoms with E-state index in [1.807, 2.05) is 0 Å². The molecule has 4 rings (SSSR count). The topological polar surface area (TPSA) is 65.7 Å². The Bertz CT molecular complexity index is 1080. The van der Waals surface area contributed by atoms with Crippen LogP contribution in [0.4, 0.5) is 26.3 Å². The highest BCUT2D eigenvalue weighted by molar-refractivity contribution is 6.03. The van der Waals surface area contributed by atoms with Crippen molar-refractivity contribution in [3.63, 3.8) is 0 Å². The summed E-state index contributed by atoms with van der Waals surface area (Å²) in [5.74, 6) is -2.64. The molecule has 3 aliphatic rings. The minimum absolute atomic E-state index is 0.0291. The summed E-state index contributed by atoms with van der Waals surface area (Å²) in [5, 5.41) is 9.01. The van der Waals surface area contributed by atoms with Crippen molar-refractivity contribution in [1.29, 1.82) is 5.26 Å². The fourth-order valence-corrected chi connectivity index (χ4v) is 3.89. The third kappa shape index (κ3) is 3.03. The molecule has 11 heteroatoms. The van der Waals surface area contributed by atoms with Crippen LogP contribution in [0.25, 0.3) is 0 Å². The predicted octanol–water partition coefficient (Wildman–Crippen LogP) is 4.17. The number of ketones is 1. The summed E-state index contributed by atoms with van der Waals surface area (Å²) in [4.78, 5) is 17.7. The number of fused-ring (bicyclic) bond motifs is 3. The van der Waals surface area contributed by atoms with E-state index in [4.69, 9.17) is 5.26 Å². The van der Waals surface area contributed by atoms with Crippen LogP contribution in [0.5, 0.6) is 0 Å². The molecule has 156 valence electrons. The van der Waals surface area contributed by atoms with Gasteiger partial charge in [-0.05, 0) is 24.1 Å². The van der Waals surface area contributed by atoms with Gasteiger partial charge in [0.25, 0.3) is 0 Å². The lowest BCUT2D eigenvalue weighted by Crippen LogP contribution is -2.38. The Kier molecular flexibility index (Phi) is 4.41. The molecule has 2 heterocycles. The number of allylic oxidation sites excluding steroid dienone is 2. The number of benzene rings is 1. The zero-order valence-corrected chi connectivity index (χ0v) is 14.9. The first-order valence-corrected chi connectivity index (χ1v) is 8.64. The molecule has 0 unspecified atom stereocenters. The number of Topliss-reactive ketones (excluding diaryl/α,β-unsaturated/α-hetero) is 1. The molecule has 0 amide bonds. The fourth-order valence-electron chi connectivity index (χ4n) is 3.89. The van der Waals surface area contributed by atoms with Crippen molar-refractivity contribution in [2.24, 2.45) is 4.99 Å². The minimum atomic E-state index is -4.83. The second-order valence-electron chi connectivity index (χ2n) is 6.95. The zero-order valence-electron chi connectivity index (χ0n) is 14.9. The van der Waals surface area contributed by atoms with Crippen molar-refractivity contribution in [3.05, 3.63) is 58.2 Å². The van der Waals surface area contributed by atoms with Crippen molar-refractivity contribution in [2.75, 3.05) is 6.54 Å². The molecule has 0 saturated carbocycles. The molecular formula is C19H11F6N3O2. The molecule has 5 nitrogen and oxygen atoms in total. The van der Waals surface area contributed by atoms with Gasteiger partial charge in [0, 0.05) is 12.6 Å². The second-order valence-corrected chi connectivity index (χ2v) is 6.95. The maximum atomic E-state index is 14.7. The van der Waals surface area contributed by atoms with E-state index in [1.54, 1.807) is 6.07 Å². The van der Waals surface area contributed by atoms with Gasteiger partial charge in [0.1, 0.15) is 11.6 Å². The van der Waals surface area contributed by atoms with Crippen LogP contribution in [0.1, 0.15) is 34.3 Å². The first kappa shape index (κ1) is 20.0. The number of ether oxygens (including phenoxy) is 1. The average Bonchev–Trinajstić information content (AvgIpc) is 3.03. The number of rotatable bonds is 2. The molecule has 2 aliphatic heterocycles. The van der Waals surface area contributed by atoms with Crippen molar-refractivity contribution >= 4 is 11.6 Å². The highest BCUT2D eigenvalue weighted by atomic mass is 19.4. The molecule has 1 aliphatic carbocycles. The molecule has 1 spiro atoms. The van der Waals surface area contributed by atoms with Crippen LogP contribution in [0.15, 0.2) is 40.7 Å². The van der Waals surface area contributed by atoms with E-state index in [9.17, 15) is 31.1 Å². The first-order valence-electron chi connectivity index (χ1n) is 8.64. The number of nitrogens with zero attached hydrogens (tertiary/aromatic N) is 3. The average molecular weight is 427 g/mol. The molecule has 0 fully saturated rings. The molecule has 0 radical (unpaired) electrons. The second kappa shape index (κ2) is 6.62. The zero-order chi connectivity index (χ0) is 21.8. The van der Waals surface area contributed by atoms with Gasteiger partial charge in [-0.15, -0.1) is 0 Å². The van der Waals surface area contributed by atoms with Crippen LogP contribution >= 0.6 is 0 Å². The van der Waals surface area contributed by atoms with Crippen molar-refractivity contribution in [1.82, 2.24) is 4.90 Å². The van der Waals surface area contributed by atoms with E-state index in [2.05, 4.69) is 9.73 Å². The third-order valence-electron chi connectivity index (χ3n) is 5.18. The normalized spacial score (nSPS) is 22.9. The Labute approximate surface area is 165 Å². The maximum Gasteiger partial charge on any atom is 0.417 e. The molecule has 1 aromatic carbocycles. The molecular weight excluding hydrogens is 416 g/mol. The number of aliphatic imine (C=N–C) groups is 1. The Morgan fingerprint density at radius 3 is 2.67 bits per heavy atom. The number of halogens is 6. The van der Waals surface area contributed by atoms with Crippen LogP contribution in [0.2, 0.25) is 0 Å². The fraction of sp³-hybridized carbons (Fsp3) is 0.316. The SMILES string of the molecule is N#Cc1ccc2c(c1F)C(=O)CC[C@@]21CN2C=C(C(F)(F)F)C=C(OC(F)F)C2=N1. The number of carbonyl (C=O) groups excluding carboxylic acids is 1. The summed E-state index contributed by atoms with van der Waals surface area (Å²) < 4.78 is 84.2. The molecule has 30 heavy (non-hydrogen) atoms. The van der Waals surface area contributed by atoms with Gasteiger partial charge in [-0.25, -0.2) is 4.39 Å². The van der Waals surface area contributed by atoms with Crippen LogP contribution in [-0.2, 0) is 10.3 Å². The monoisotopic (exact) mass is 427 g/mol. The summed E-state index contributed by atoms with van der Waals surface area (Å²) in [6, 6.07) is 4.10. The Morgan fingerprint density at radius 1 is 1.30 bits per heavy atom. The quantitative estimate of drug-likeness (QED) is 0.665. The summed E-state index contributed by atoms with van der Waals surface area (Å²) in [6.07, 6.45) is -3.83. The van der Waals surface area contributed by atoms with E-state index < -0.39 is 41.3 Å². The van der Waals surface area contributed by atoms with Gasteiger partial charge in [-0.2, -0.15) is 27.2 Å². The number of hydrogen-bond acceptors (Lipinski definition) is 5. The minimum Gasteiger partial charge on any atom is -0.431 e. The molecule has 1 atom stereocenters. The lowest BCUT2D eigenvalue weighted by Gasteiger charge is -2.33. The number of nitriles is 1. The first-order chi connectivity index (χ1) is 14.1. The Morgan fingerprint density at radius 2 is 2.03 bits per heavy atom. The lowest BCUT2D eigenvalue weighted by molar-refractivity contribution is -0.0981. The van der Waals surface area contributed by atoms with E-state index in [-0.39, 0.29) is 41.9 Å². The predicted molar refractivity (Wildman–Crippen MR) is 89.8 cm³/mol. The third-order valence-corrected chi connectivity index (χ3v) is 5.18. The van der Waals surface area contributed by atoms with Gasteiger partial charge in [0.05, 0.1) is 23.2 Å². The van der Waals surface area contributed by atoms with Crippen LogP contribution in [0, 0.1) is 17.1 Å². The standard InChI is InChI=1S/C19H11F6N3O2/c20-15-9(6-26)1-2-11-14(15)12(29)3-4-18(11)8-28-7-10(19(23,24)25)5-13(16(28)27-18)30-17(21)22/h1-2,5,7,17H,3-4,8H2/t18-/m1/s1. The molecule has 0 N–H and O–H groups in total. The number of carbonyl (C=O) groups is 1. The van der Waals surface area contributed by atoms with Crippen LogP contribution in [0.3, 0.4) is 0 Å². The Balaban J connectivity index is 1.86. The molecule has 0 aromatic heterocycles. The van der Waals surface area contributed by atoms with Gasteiger partial charge in [-0.3, -0.25) is 9.79 Å². The number of hydrogen-bond donors (Lipinski definition) is 0. The largest absolute Gasteiger partial charge is 0.431 e. The molecule has 1 aromatic rings. The molecule has 0 saturated heterocycles. The van der Waals surface area contributed by atoms with E-state index in [0.717, 1.165) is 11.0 Å². The maximum absolute atomic E-state index is 14.7. The van der Waals surface area contributed by atoms with Gasteiger partial charge in [-0.1, -0.05) is 6.07 Å². The lowest BCUT2D eigenvalue weighted by atomic mass is 9.75. The van der Waals surface area contributed by atoms with Gasteiger partial charge in [0.2, 0.25) is 0 Å². The van der Waals surface area contributed by atoms with E-state index >= 15 is 0 Å². The summed E-state index contributed by atoms with van der Waals surface area (Å²) >= 11 is 0. The van der Waals surface area contributed by atoms with Gasteiger partial charge < -0.3 is 9.64 Å². The van der Waals surface area contributed by atoms with Gasteiger partial charge in [0.15, 0.2) is 23.2 Å². The highest BCUT2D eigenvalue weighted by Crippen LogP contribution is 2.46. The summed E-state index contributed by atoms with van der Waals surface area (Å²) in [7, 11) is 0. The molecule has 0 bridgehead atoms. The van der Waals surface area contributed by atoms with Crippen LogP contribution in [-0.4, -0.2) is 35.9 Å². The van der Waals surface area contributed by atoms with Gasteiger partial charge >= 0.3 is 12.8 Å². The Hall–Kier alpha value is -3.29. The van der Waals surface area contributed by atoms with E-state index in [1.165, 1.54) is 6.07 Å². The van der Waals surface area contributed by atoms with Crippen molar-refractivity contribution in [2.45, 2.75) is 31.2 Å². The summed E-state index contributed by atoms with van der Waals surface area (Å²) in [5.41, 5.74) is -3.19. The highest BCUT2D eigenvalue weighted by Gasteiger charge is 2.49. The van der Waals surface area contributed by atoms with Crippen molar-refractivity contribution < 1.29 is 35.9 Å². The van der Waals surface area contributed by atoms with Crippen LogP contribution < -0.4 is 0 Å². The smallest absolute Gasteiger partial charge is 0.417 e. The summed E-state index contributed by atoms with van der Waals surface area (Å²) in [6.45, 7) is -3.63. The number of alkyl halides is 5. The number of amidine groups is 1. The van der Waals surface area contributed by atoms with E-state index in [0.29, 0.717) is 12.3 Å².